The molecule has 20 heavy (non-hydrogen) atoms. The third kappa shape index (κ3) is 2.82. The second kappa shape index (κ2) is 5.63. The molecular weight excluding hydrogens is 296 g/mol. The van der Waals surface area contributed by atoms with E-state index in [1.807, 2.05) is 0 Å². The van der Waals surface area contributed by atoms with Gasteiger partial charge in [0, 0.05) is 6.42 Å². The first-order valence-electron chi connectivity index (χ1n) is 5.50. The molecule has 2 aromatic rings. The molecule has 6 heteroatoms. The van der Waals surface area contributed by atoms with Crippen molar-refractivity contribution >= 4 is 17.4 Å². The molecule has 0 amide bonds. The zero-order chi connectivity index (χ0) is 14.9. The van der Waals surface area contributed by atoms with Crippen molar-refractivity contribution in [2.24, 2.45) is 0 Å². The summed E-state index contributed by atoms with van der Waals surface area (Å²) in [6.45, 7) is 0. The number of Topliss-reactive ketones (excluding diaryl/α,β-unsaturated/α-hetero) is 1. The molecule has 0 unspecified atom stereocenters. The average molecular weight is 303 g/mol. The summed E-state index contributed by atoms with van der Waals surface area (Å²) in [5, 5.41) is -0.111. The molecule has 2 rings (SSSR count). The van der Waals surface area contributed by atoms with Gasteiger partial charge < -0.3 is 0 Å². The molecule has 104 valence electrons. The minimum absolute atomic E-state index is 0.111. The van der Waals surface area contributed by atoms with Crippen molar-refractivity contribution in [2.45, 2.75) is 6.42 Å². The lowest BCUT2D eigenvalue weighted by molar-refractivity contribution is 0.0988. The molecule has 0 saturated heterocycles. The van der Waals surface area contributed by atoms with E-state index in [0.717, 1.165) is 12.1 Å². The lowest BCUT2D eigenvalue weighted by atomic mass is 10.0. The predicted molar refractivity (Wildman–Crippen MR) is 65.8 cm³/mol. The van der Waals surface area contributed by atoms with E-state index in [0.29, 0.717) is 6.07 Å². The minimum Gasteiger partial charge on any atom is -0.294 e. The molecule has 0 radical (unpaired) electrons. The Balaban J connectivity index is 2.28. The van der Waals surface area contributed by atoms with Crippen LogP contribution in [0.4, 0.5) is 17.6 Å². The first-order chi connectivity index (χ1) is 9.40. The van der Waals surface area contributed by atoms with E-state index in [2.05, 4.69) is 0 Å². The van der Waals surface area contributed by atoms with E-state index in [-0.39, 0.29) is 17.0 Å². The SMILES string of the molecule is O=C(Cc1ccc(Cl)c(F)c1)c1ccc(F)c(F)c1F. The van der Waals surface area contributed by atoms with E-state index < -0.39 is 34.6 Å². The number of rotatable bonds is 3. The van der Waals surface area contributed by atoms with E-state index in [4.69, 9.17) is 11.6 Å². The average Bonchev–Trinajstić information content (AvgIpc) is 2.40. The van der Waals surface area contributed by atoms with Crippen LogP contribution in [0.1, 0.15) is 15.9 Å². The van der Waals surface area contributed by atoms with Gasteiger partial charge >= 0.3 is 0 Å². The molecule has 0 aliphatic rings. The van der Waals surface area contributed by atoms with Gasteiger partial charge in [-0.25, -0.2) is 17.6 Å². The highest BCUT2D eigenvalue weighted by Crippen LogP contribution is 2.19. The highest BCUT2D eigenvalue weighted by atomic mass is 35.5. The fraction of sp³-hybridized carbons (Fsp3) is 0.0714. The Morgan fingerprint density at radius 3 is 2.30 bits per heavy atom. The van der Waals surface area contributed by atoms with E-state index in [9.17, 15) is 22.4 Å². The van der Waals surface area contributed by atoms with Gasteiger partial charge in [0.15, 0.2) is 23.2 Å². The van der Waals surface area contributed by atoms with E-state index in [1.165, 1.54) is 12.1 Å². The van der Waals surface area contributed by atoms with Crippen LogP contribution in [0.3, 0.4) is 0 Å². The molecule has 2 aromatic carbocycles. The monoisotopic (exact) mass is 302 g/mol. The van der Waals surface area contributed by atoms with Crippen molar-refractivity contribution in [2.75, 3.05) is 0 Å². The van der Waals surface area contributed by atoms with Crippen LogP contribution in [0.25, 0.3) is 0 Å². The molecule has 0 aromatic heterocycles. The summed E-state index contributed by atoms with van der Waals surface area (Å²) in [5.74, 6) is -6.15. The van der Waals surface area contributed by atoms with Crippen molar-refractivity contribution in [1.82, 2.24) is 0 Å². The fourth-order valence-electron chi connectivity index (χ4n) is 1.67. The predicted octanol–water partition coefficient (Wildman–Crippen LogP) is 4.32. The highest BCUT2D eigenvalue weighted by molar-refractivity contribution is 6.30. The quantitative estimate of drug-likeness (QED) is 0.469. The molecule has 0 aliphatic heterocycles. The van der Waals surface area contributed by atoms with E-state index in [1.54, 1.807) is 0 Å². The smallest absolute Gasteiger partial charge is 0.195 e. The highest BCUT2D eigenvalue weighted by Gasteiger charge is 2.19. The van der Waals surface area contributed by atoms with Crippen LogP contribution in [-0.2, 0) is 6.42 Å². The first kappa shape index (κ1) is 14.5. The first-order valence-corrected chi connectivity index (χ1v) is 5.88. The number of hydrogen-bond donors (Lipinski definition) is 0. The zero-order valence-electron chi connectivity index (χ0n) is 9.89. The van der Waals surface area contributed by atoms with Gasteiger partial charge in [-0.3, -0.25) is 4.79 Å². The molecule has 1 nitrogen and oxygen atoms in total. The molecule has 0 N–H and O–H groups in total. The number of hydrogen-bond acceptors (Lipinski definition) is 1. The van der Waals surface area contributed by atoms with Gasteiger partial charge in [-0.1, -0.05) is 17.7 Å². The normalized spacial score (nSPS) is 10.7. The summed E-state index contributed by atoms with van der Waals surface area (Å²) in [4.78, 5) is 11.8. The summed E-state index contributed by atoms with van der Waals surface area (Å²) >= 11 is 5.49. The van der Waals surface area contributed by atoms with Crippen molar-refractivity contribution in [3.05, 3.63) is 69.8 Å². The summed E-state index contributed by atoms with van der Waals surface area (Å²) < 4.78 is 52.4. The van der Waals surface area contributed by atoms with Crippen LogP contribution in [-0.4, -0.2) is 5.78 Å². The van der Waals surface area contributed by atoms with Crippen molar-refractivity contribution in [3.63, 3.8) is 0 Å². The van der Waals surface area contributed by atoms with Crippen molar-refractivity contribution < 1.29 is 22.4 Å². The van der Waals surface area contributed by atoms with Crippen LogP contribution in [0.15, 0.2) is 30.3 Å². The van der Waals surface area contributed by atoms with Gasteiger partial charge in [0.05, 0.1) is 10.6 Å². The van der Waals surface area contributed by atoms with Gasteiger partial charge in [0.25, 0.3) is 0 Å². The van der Waals surface area contributed by atoms with Gasteiger partial charge in [-0.15, -0.1) is 0 Å². The van der Waals surface area contributed by atoms with E-state index >= 15 is 0 Å². The molecule has 0 atom stereocenters. The minimum atomic E-state index is -1.71. The lowest BCUT2D eigenvalue weighted by Crippen LogP contribution is -2.09. The van der Waals surface area contributed by atoms with Crippen LogP contribution in [0, 0.1) is 23.3 Å². The summed E-state index contributed by atoms with van der Waals surface area (Å²) in [6, 6.07) is 5.18. The Morgan fingerprint density at radius 2 is 1.65 bits per heavy atom. The number of carbonyl (C=O) groups excluding carboxylic acids is 1. The van der Waals surface area contributed by atoms with Gasteiger partial charge in [-0.05, 0) is 29.8 Å². The zero-order valence-corrected chi connectivity index (χ0v) is 10.6. The number of ketones is 1. The lowest BCUT2D eigenvalue weighted by Gasteiger charge is -2.05. The van der Waals surface area contributed by atoms with Gasteiger partial charge in [-0.2, -0.15) is 0 Å². The maximum absolute atomic E-state index is 13.4. The molecule has 0 saturated carbocycles. The number of benzene rings is 2. The third-order valence-electron chi connectivity index (χ3n) is 2.68. The Labute approximate surface area is 116 Å². The molecular formula is C14H7ClF4O. The molecule has 0 spiro atoms. The van der Waals surface area contributed by atoms with Crippen LogP contribution in [0.2, 0.25) is 5.02 Å². The van der Waals surface area contributed by atoms with Crippen molar-refractivity contribution in [3.8, 4) is 0 Å². The van der Waals surface area contributed by atoms with Gasteiger partial charge in [0.1, 0.15) is 5.82 Å². The third-order valence-corrected chi connectivity index (χ3v) is 2.99. The molecule has 0 heterocycles. The Hall–Kier alpha value is -1.88. The largest absolute Gasteiger partial charge is 0.294 e. The van der Waals surface area contributed by atoms with Crippen LogP contribution in [0.5, 0.6) is 0 Å². The second-order valence-electron chi connectivity index (χ2n) is 4.07. The fourth-order valence-corrected chi connectivity index (χ4v) is 1.79. The Morgan fingerprint density at radius 1 is 0.950 bits per heavy atom. The summed E-state index contributed by atoms with van der Waals surface area (Å²) in [6.07, 6.45) is -0.351. The Bertz CT molecular complexity index is 685. The van der Waals surface area contributed by atoms with Crippen molar-refractivity contribution in [1.29, 1.82) is 0 Å². The summed E-state index contributed by atoms with van der Waals surface area (Å²) in [7, 11) is 0. The Kier molecular flexibility index (Phi) is 4.09. The standard InChI is InChI=1S/C14H7ClF4O/c15-9-3-1-7(5-11(9)17)6-12(20)8-2-4-10(16)14(19)13(8)18/h1-5H,6H2. The number of carbonyl (C=O) groups is 1. The second-order valence-corrected chi connectivity index (χ2v) is 4.48. The summed E-state index contributed by atoms with van der Waals surface area (Å²) in [5.41, 5.74) is -0.333. The number of halogens is 5. The van der Waals surface area contributed by atoms with Gasteiger partial charge in [0.2, 0.25) is 0 Å². The van der Waals surface area contributed by atoms with Crippen LogP contribution < -0.4 is 0 Å². The maximum Gasteiger partial charge on any atom is 0.195 e. The molecule has 0 bridgehead atoms. The van der Waals surface area contributed by atoms with Crippen LogP contribution >= 0.6 is 11.6 Å². The topological polar surface area (TPSA) is 17.1 Å². The maximum atomic E-state index is 13.4. The molecule has 0 fully saturated rings. The molecule has 0 aliphatic carbocycles.